The Balaban J connectivity index is 1.89. The van der Waals surface area contributed by atoms with Crippen LogP contribution in [0.1, 0.15) is 16.1 Å². The van der Waals surface area contributed by atoms with E-state index in [0.29, 0.717) is 12.2 Å². The molecule has 0 aliphatic rings. The summed E-state index contributed by atoms with van der Waals surface area (Å²) in [6, 6.07) is 19.3. The number of rotatable bonds is 5. The lowest BCUT2D eigenvalue weighted by Gasteiger charge is -2.22. The van der Waals surface area contributed by atoms with E-state index in [4.69, 9.17) is 4.42 Å². The summed E-state index contributed by atoms with van der Waals surface area (Å²) >= 11 is 0. The van der Waals surface area contributed by atoms with Crippen molar-refractivity contribution >= 4 is 16.8 Å². The van der Waals surface area contributed by atoms with Crippen LogP contribution in [0.3, 0.4) is 0 Å². The molecule has 0 saturated carbocycles. The maximum Gasteiger partial charge on any atom is 0.215 e. The summed E-state index contributed by atoms with van der Waals surface area (Å²) in [5.41, 5.74) is 1.90. The highest BCUT2D eigenvalue weighted by molar-refractivity contribution is 6.01. The molecule has 0 bridgehead atoms. The van der Waals surface area contributed by atoms with Crippen LogP contribution in [0.25, 0.3) is 11.0 Å². The summed E-state index contributed by atoms with van der Waals surface area (Å²) in [6.45, 7) is 0. The van der Waals surface area contributed by atoms with Crippen molar-refractivity contribution in [2.75, 3.05) is 14.1 Å². The van der Waals surface area contributed by atoms with Crippen molar-refractivity contribution in [3.63, 3.8) is 0 Å². The van der Waals surface area contributed by atoms with Gasteiger partial charge in [0.15, 0.2) is 5.76 Å². The number of hydrogen-bond acceptors (Lipinski definition) is 3. The summed E-state index contributed by atoms with van der Waals surface area (Å²) in [7, 11) is 3.85. The zero-order valence-electron chi connectivity index (χ0n) is 12.8. The molecule has 0 aliphatic heterocycles. The molecule has 0 radical (unpaired) electrons. The first-order chi connectivity index (χ1) is 10.6. The molecule has 22 heavy (non-hydrogen) atoms. The molecule has 3 aromatic rings. The molecule has 3 nitrogen and oxygen atoms in total. The Labute approximate surface area is 130 Å². The van der Waals surface area contributed by atoms with Gasteiger partial charge in [0.25, 0.3) is 0 Å². The molecule has 1 atom stereocenters. The fourth-order valence-corrected chi connectivity index (χ4v) is 2.61. The standard InChI is InChI=1S/C19H19NO2/c1-20(2)16(12-14-8-4-3-5-9-14)19(21)18-13-15-10-6-7-11-17(15)22-18/h3-11,13,16H,12H2,1-2H3/t16-/m0/s1. The van der Waals surface area contributed by atoms with Gasteiger partial charge in [0.2, 0.25) is 5.78 Å². The van der Waals surface area contributed by atoms with Crippen LogP contribution in [-0.2, 0) is 6.42 Å². The molecule has 0 N–H and O–H groups in total. The molecular formula is C19H19NO2. The lowest BCUT2D eigenvalue weighted by atomic mass is 10.00. The first-order valence-electron chi connectivity index (χ1n) is 7.38. The van der Waals surface area contributed by atoms with Crippen molar-refractivity contribution in [1.82, 2.24) is 4.90 Å². The van der Waals surface area contributed by atoms with Gasteiger partial charge in [-0.1, -0.05) is 48.5 Å². The first-order valence-corrected chi connectivity index (χ1v) is 7.38. The topological polar surface area (TPSA) is 33.5 Å². The van der Waals surface area contributed by atoms with E-state index < -0.39 is 0 Å². The highest BCUT2D eigenvalue weighted by Crippen LogP contribution is 2.21. The molecule has 3 rings (SSSR count). The fourth-order valence-electron chi connectivity index (χ4n) is 2.61. The minimum atomic E-state index is -0.233. The Hall–Kier alpha value is -2.39. The lowest BCUT2D eigenvalue weighted by Crippen LogP contribution is -2.37. The second-order valence-electron chi connectivity index (χ2n) is 5.68. The number of carbonyl (C=O) groups is 1. The highest BCUT2D eigenvalue weighted by Gasteiger charge is 2.25. The van der Waals surface area contributed by atoms with Crippen LogP contribution in [0.15, 0.2) is 65.1 Å². The van der Waals surface area contributed by atoms with Crippen molar-refractivity contribution in [3.8, 4) is 0 Å². The third kappa shape index (κ3) is 2.95. The average Bonchev–Trinajstić information content (AvgIpc) is 2.97. The molecule has 0 aliphatic carbocycles. The summed E-state index contributed by atoms with van der Waals surface area (Å²) in [5.74, 6) is 0.445. The van der Waals surface area contributed by atoms with E-state index in [1.807, 2.05) is 79.7 Å². The van der Waals surface area contributed by atoms with E-state index in [-0.39, 0.29) is 11.8 Å². The molecule has 0 amide bonds. The normalized spacial score (nSPS) is 12.7. The molecule has 0 fully saturated rings. The third-order valence-corrected chi connectivity index (χ3v) is 3.87. The van der Waals surface area contributed by atoms with E-state index >= 15 is 0 Å². The third-order valence-electron chi connectivity index (χ3n) is 3.87. The Morgan fingerprint density at radius 2 is 1.73 bits per heavy atom. The van der Waals surface area contributed by atoms with E-state index in [0.717, 1.165) is 16.5 Å². The van der Waals surface area contributed by atoms with Crippen LogP contribution in [0, 0.1) is 0 Å². The summed E-state index contributed by atoms with van der Waals surface area (Å²) in [6.07, 6.45) is 0.670. The predicted octanol–water partition coefficient (Wildman–Crippen LogP) is 3.79. The van der Waals surface area contributed by atoms with Crippen LogP contribution < -0.4 is 0 Å². The number of likely N-dealkylation sites (N-methyl/N-ethyl adjacent to an activating group) is 1. The number of fused-ring (bicyclic) bond motifs is 1. The number of carbonyl (C=O) groups excluding carboxylic acids is 1. The lowest BCUT2D eigenvalue weighted by molar-refractivity contribution is 0.0848. The van der Waals surface area contributed by atoms with Gasteiger partial charge in [-0.15, -0.1) is 0 Å². The quantitative estimate of drug-likeness (QED) is 0.671. The molecule has 0 spiro atoms. The van der Waals surface area contributed by atoms with Gasteiger partial charge in [-0.2, -0.15) is 0 Å². The number of Topliss-reactive ketones (excluding diaryl/α,β-unsaturated/α-hetero) is 1. The van der Waals surface area contributed by atoms with Crippen LogP contribution in [0.4, 0.5) is 0 Å². The summed E-state index contributed by atoms with van der Waals surface area (Å²) in [4.78, 5) is 14.8. The van der Waals surface area contributed by atoms with Gasteiger partial charge in [-0.25, -0.2) is 0 Å². The van der Waals surface area contributed by atoms with Crippen LogP contribution in [0.5, 0.6) is 0 Å². The van der Waals surface area contributed by atoms with Crippen LogP contribution >= 0.6 is 0 Å². The molecule has 3 heteroatoms. The van der Waals surface area contributed by atoms with Gasteiger partial charge < -0.3 is 4.42 Å². The zero-order chi connectivity index (χ0) is 15.5. The van der Waals surface area contributed by atoms with Gasteiger partial charge in [0, 0.05) is 5.39 Å². The van der Waals surface area contributed by atoms with E-state index in [1.165, 1.54) is 0 Å². The van der Waals surface area contributed by atoms with Crippen molar-refractivity contribution in [2.45, 2.75) is 12.5 Å². The minimum absolute atomic E-state index is 0.0186. The Morgan fingerprint density at radius 3 is 2.41 bits per heavy atom. The van der Waals surface area contributed by atoms with E-state index in [1.54, 1.807) is 0 Å². The van der Waals surface area contributed by atoms with Crippen molar-refractivity contribution < 1.29 is 9.21 Å². The first kappa shape index (κ1) is 14.5. The summed E-state index contributed by atoms with van der Waals surface area (Å²) in [5, 5.41) is 0.961. The molecule has 1 heterocycles. The Morgan fingerprint density at radius 1 is 1.05 bits per heavy atom. The molecule has 112 valence electrons. The number of benzene rings is 2. The number of furan rings is 1. The number of hydrogen-bond donors (Lipinski definition) is 0. The van der Waals surface area contributed by atoms with Crippen molar-refractivity contribution in [2.24, 2.45) is 0 Å². The second kappa shape index (κ2) is 6.16. The SMILES string of the molecule is CN(C)[C@@H](Cc1ccccc1)C(=O)c1cc2ccccc2o1. The Bertz CT molecular complexity index is 741. The number of nitrogens with zero attached hydrogens (tertiary/aromatic N) is 1. The average molecular weight is 293 g/mol. The molecule has 2 aromatic carbocycles. The highest BCUT2D eigenvalue weighted by atomic mass is 16.3. The van der Waals surface area contributed by atoms with Gasteiger partial charge in [-0.3, -0.25) is 9.69 Å². The Kier molecular flexibility index (Phi) is 4.07. The van der Waals surface area contributed by atoms with Crippen LogP contribution in [0.2, 0.25) is 0 Å². The molecule has 0 saturated heterocycles. The maximum atomic E-state index is 12.8. The van der Waals surface area contributed by atoms with Gasteiger partial charge in [0.05, 0.1) is 6.04 Å². The maximum absolute atomic E-state index is 12.8. The van der Waals surface area contributed by atoms with E-state index in [2.05, 4.69) is 0 Å². The molecular weight excluding hydrogens is 274 g/mol. The van der Waals surface area contributed by atoms with Crippen molar-refractivity contribution in [1.29, 1.82) is 0 Å². The van der Waals surface area contributed by atoms with Gasteiger partial charge in [-0.05, 0) is 38.2 Å². The number of ketones is 1. The van der Waals surface area contributed by atoms with Gasteiger partial charge >= 0.3 is 0 Å². The largest absolute Gasteiger partial charge is 0.453 e. The minimum Gasteiger partial charge on any atom is -0.453 e. The van der Waals surface area contributed by atoms with Crippen LogP contribution in [-0.4, -0.2) is 30.8 Å². The van der Waals surface area contributed by atoms with Gasteiger partial charge in [0.1, 0.15) is 5.58 Å². The van der Waals surface area contributed by atoms with Crippen molar-refractivity contribution in [3.05, 3.63) is 72.0 Å². The van der Waals surface area contributed by atoms with E-state index in [9.17, 15) is 4.79 Å². The summed E-state index contributed by atoms with van der Waals surface area (Å²) < 4.78 is 5.72. The monoisotopic (exact) mass is 293 g/mol. The second-order valence-corrected chi connectivity index (χ2v) is 5.68. The molecule has 1 aromatic heterocycles. The molecule has 0 unspecified atom stereocenters. The predicted molar refractivity (Wildman–Crippen MR) is 88.2 cm³/mol. The smallest absolute Gasteiger partial charge is 0.215 e. The zero-order valence-corrected chi connectivity index (χ0v) is 12.8. The number of para-hydroxylation sites is 1. The fraction of sp³-hybridized carbons (Fsp3) is 0.211.